The first kappa shape index (κ1) is 28.0. The lowest BCUT2D eigenvalue weighted by molar-refractivity contribution is -0.144. The van der Waals surface area contributed by atoms with Gasteiger partial charge in [0.2, 0.25) is 11.8 Å². The van der Waals surface area contributed by atoms with Gasteiger partial charge in [-0.05, 0) is 57.4 Å². The Labute approximate surface area is 216 Å². The minimum atomic E-state index is -0.786. The van der Waals surface area contributed by atoms with Gasteiger partial charge in [-0.2, -0.15) is 0 Å². The lowest BCUT2D eigenvalue weighted by atomic mass is 9.93. The van der Waals surface area contributed by atoms with E-state index in [-0.39, 0.29) is 29.8 Å². The highest BCUT2D eigenvalue weighted by Gasteiger charge is 2.49. The van der Waals surface area contributed by atoms with Gasteiger partial charge in [0.15, 0.2) is 0 Å². The molecule has 0 heterocycles. The maximum absolute atomic E-state index is 14.3. The Hall–Kier alpha value is -2.57. The summed E-state index contributed by atoms with van der Waals surface area (Å²) in [5, 5.41) is 6.10. The number of carbonyl (C=O) groups is 3. The van der Waals surface area contributed by atoms with Crippen LogP contribution in [0.5, 0.6) is 0 Å². The van der Waals surface area contributed by atoms with Gasteiger partial charge in [0.05, 0.1) is 0 Å². The maximum Gasteiger partial charge on any atom is 0.408 e. The Bertz CT molecular complexity index is 892. The molecule has 0 radical (unpaired) electrons. The average Bonchev–Trinajstić information content (AvgIpc) is 3.55. The zero-order valence-corrected chi connectivity index (χ0v) is 22.9. The summed E-state index contributed by atoms with van der Waals surface area (Å²) in [7, 11) is 0. The molecule has 5 atom stereocenters. The van der Waals surface area contributed by atoms with Crippen LogP contribution in [0.3, 0.4) is 0 Å². The molecular weight excluding hydrogens is 454 g/mol. The monoisotopic (exact) mass is 499 g/mol. The SMILES string of the molecule is CCC(C)C(NC(=O)OC(C)(C)C)C(=O)N(C(C(=O)NC1CCCCC1)c1ccccc1)C1CC1C. The zero-order chi connectivity index (χ0) is 26.5. The van der Waals surface area contributed by atoms with Gasteiger partial charge >= 0.3 is 6.09 Å². The fraction of sp³-hybridized carbons (Fsp3) is 0.690. The molecule has 7 nitrogen and oxygen atoms in total. The summed E-state index contributed by atoms with van der Waals surface area (Å²) in [5.41, 5.74) is 0.114. The third kappa shape index (κ3) is 7.47. The van der Waals surface area contributed by atoms with Crippen molar-refractivity contribution in [3.8, 4) is 0 Å². The van der Waals surface area contributed by atoms with E-state index in [1.54, 1.807) is 25.7 Å². The minimum absolute atomic E-state index is 0.0493. The highest BCUT2D eigenvalue weighted by molar-refractivity contribution is 5.93. The van der Waals surface area contributed by atoms with Crippen molar-refractivity contribution in [2.45, 2.75) is 116 Å². The van der Waals surface area contributed by atoms with E-state index in [0.29, 0.717) is 12.3 Å². The number of nitrogens with one attached hydrogen (secondary N) is 2. The Morgan fingerprint density at radius 2 is 1.69 bits per heavy atom. The molecule has 0 saturated heterocycles. The topological polar surface area (TPSA) is 87.7 Å². The number of carbonyl (C=O) groups excluding carboxylic acids is 3. The van der Waals surface area contributed by atoms with Crippen LogP contribution in [-0.2, 0) is 14.3 Å². The van der Waals surface area contributed by atoms with Gasteiger partial charge in [0, 0.05) is 12.1 Å². The van der Waals surface area contributed by atoms with Gasteiger partial charge in [0.25, 0.3) is 0 Å². The van der Waals surface area contributed by atoms with Crippen LogP contribution in [0, 0.1) is 11.8 Å². The average molecular weight is 500 g/mol. The van der Waals surface area contributed by atoms with Crippen molar-refractivity contribution in [1.82, 2.24) is 15.5 Å². The van der Waals surface area contributed by atoms with Gasteiger partial charge in [0.1, 0.15) is 17.7 Å². The Kier molecular flexibility index (Phi) is 9.42. The first-order chi connectivity index (χ1) is 17.0. The smallest absolute Gasteiger partial charge is 0.408 e. The van der Waals surface area contributed by atoms with Crippen molar-refractivity contribution >= 4 is 17.9 Å². The van der Waals surface area contributed by atoms with E-state index in [4.69, 9.17) is 4.74 Å². The number of nitrogens with zero attached hydrogens (tertiary/aromatic N) is 1. The molecule has 0 bridgehead atoms. The number of amides is 3. The highest BCUT2D eigenvalue weighted by atomic mass is 16.6. The first-order valence-electron chi connectivity index (χ1n) is 13.7. The lowest BCUT2D eigenvalue weighted by Crippen LogP contribution is -2.56. The Morgan fingerprint density at radius 3 is 2.22 bits per heavy atom. The highest BCUT2D eigenvalue weighted by Crippen LogP contribution is 2.41. The quantitative estimate of drug-likeness (QED) is 0.479. The third-order valence-electron chi connectivity index (χ3n) is 7.42. The van der Waals surface area contributed by atoms with E-state index in [1.165, 1.54) is 6.42 Å². The normalized spacial score (nSPS) is 22.6. The largest absolute Gasteiger partial charge is 0.444 e. The molecule has 2 aliphatic rings. The summed E-state index contributed by atoms with van der Waals surface area (Å²) in [5.74, 6) is -0.195. The van der Waals surface area contributed by atoms with Gasteiger partial charge in [-0.15, -0.1) is 0 Å². The van der Waals surface area contributed by atoms with Crippen LogP contribution < -0.4 is 10.6 Å². The fourth-order valence-corrected chi connectivity index (χ4v) is 5.05. The lowest BCUT2D eigenvalue weighted by Gasteiger charge is -2.37. The number of rotatable bonds is 9. The predicted octanol–water partition coefficient (Wildman–Crippen LogP) is 5.35. The second-order valence-corrected chi connectivity index (χ2v) is 11.7. The van der Waals surface area contributed by atoms with Crippen LogP contribution >= 0.6 is 0 Å². The summed E-state index contributed by atoms with van der Waals surface area (Å²) in [6, 6.07) is 8.10. The molecule has 0 spiro atoms. The van der Waals surface area contributed by atoms with Crippen molar-refractivity contribution in [2.24, 2.45) is 11.8 Å². The number of benzene rings is 1. The van der Waals surface area contributed by atoms with E-state index in [9.17, 15) is 14.4 Å². The molecule has 3 rings (SSSR count). The molecule has 1 aromatic rings. The van der Waals surface area contributed by atoms with Crippen molar-refractivity contribution in [1.29, 1.82) is 0 Å². The van der Waals surface area contributed by atoms with E-state index in [0.717, 1.165) is 37.7 Å². The van der Waals surface area contributed by atoms with Gasteiger partial charge < -0.3 is 20.3 Å². The molecule has 5 unspecified atom stereocenters. The molecule has 2 N–H and O–H groups in total. The zero-order valence-electron chi connectivity index (χ0n) is 22.9. The molecule has 3 amide bonds. The molecule has 36 heavy (non-hydrogen) atoms. The van der Waals surface area contributed by atoms with Crippen LogP contribution in [-0.4, -0.2) is 46.5 Å². The van der Waals surface area contributed by atoms with Gasteiger partial charge in [-0.3, -0.25) is 9.59 Å². The first-order valence-corrected chi connectivity index (χ1v) is 13.7. The van der Waals surface area contributed by atoms with Crippen LogP contribution in [0.1, 0.15) is 98.1 Å². The number of ether oxygens (including phenoxy) is 1. The van der Waals surface area contributed by atoms with Crippen molar-refractivity contribution in [3.63, 3.8) is 0 Å². The number of hydrogen-bond acceptors (Lipinski definition) is 4. The van der Waals surface area contributed by atoms with Crippen molar-refractivity contribution in [2.75, 3.05) is 0 Å². The number of alkyl carbamates (subject to hydrolysis) is 1. The molecule has 0 aliphatic heterocycles. The molecule has 2 fully saturated rings. The summed E-state index contributed by atoms with van der Waals surface area (Å²) in [4.78, 5) is 42.6. The summed E-state index contributed by atoms with van der Waals surface area (Å²) < 4.78 is 5.48. The van der Waals surface area contributed by atoms with E-state index in [1.807, 2.05) is 44.2 Å². The summed E-state index contributed by atoms with van der Waals surface area (Å²) in [6.07, 6.45) is 6.28. The second-order valence-electron chi connectivity index (χ2n) is 11.7. The fourth-order valence-electron chi connectivity index (χ4n) is 5.05. The standard InChI is InChI=1S/C29H45N3O4/c1-7-19(2)24(31-28(35)36-29(4,5)6)27(34)32(23-18-20(23)3)25(21-14-10-8-11-15-21)26(33)30-22-16-12-9-13-17-22/h8,10-11,14-15,19-20,22-25H,7,9,12-13,16-18H2,1-6H3,(H,30,33)(H,31,35). The summed E-state index contributed by atoms with van der Waals surface area (Å²) in [6.45, 7) is 11.4. The van der Waals surface area contributed by atoms with Crippen LogP contribution in [0.4, 0.5) is 4.79 Å². The Balaban J connectivity index is 1.94. The van der Waals surface area contributed by atoms with Crippen LogP contribution in [0.2, 0.25) is 0 Å². The van der Waals surface area contributed by atoms with Crippen molar-refractivity contribution < 1.29 is 19.1 Å². The maximum atomic E-state index is 14.3. The third-order valence-corrected chi connectivity index (χ3v) is 7.42. The van der Waals surface area contributed by atoms with Crippen molar-refractivity contribution in [3.05, 3.63) is 35.9 Å². The summed E-state index contributed by atoms with van der Waals surface area (Å²) >= 11 is 0. The number of hydrogen-bond donors (Lipinski definition) is 2. The predicted molar refractivity (Wildman–Crippen MR) is 141 cm³/mol. The van der Waals surface area contributed by atoms with Crippen LogP contribution in [0.15, 0.2) is 30.3 Å². The Morgan fingerprint density at radius 1 is 1.08 bits per heavy atom. The van der Waals surface area contributed by atoms with Gasteiger partial charge in [-0.25, -0.2) is 4.79 Å². The second kappa shape index (κ2) is 12.1. The van der Waals surface area contributed by atoms with E-state index < -0.39 is 23.8 Å². The minimum Gasteiger partial charge on any atom is -0.444 e. The molecule has 200 valence electrons. The molecule has 7 heteroatoms. The van der Waals surface area contributed by atoms with E-state index in [2.05, 4.69) is 17.6 Å². The van der Waals surface area contributed by atoms with E-state index >= 15 is 0 Å². The molecule has 0 aromatic heterocycles. The molecule has 2 saturated carbocycles. The molecular formula is C29H45N3O4. The van der Waals surface area contributed by atoms with Gasteiger partial charge in [-0.1, -0.05) is 76.8 Å². The molecule has 2 aliphatic carbocycles. The van der Waals surface area contributed by atoms with Crippen LogP contribution in [0.25, 0.3) is 0 Å². The molecule has 1 aromatic carbocycles.